The first-order valence-corrected chi connectivity index (χ1v) is 9.17. The van der Waals surface area contributed by atoms with E-state index in [9.17, 15) is 0 Å². The number of aromatic amines is 1. The Morgan fingerprint density at radius 2 is 1.30 bits per heavy atom. The minimum Gasteiger partial charge on any atom is -0.339 e. The lowest BCUT2D eigenvalue weighted by Crippen LogP contribution is -1.89. The van der Waals surface area contributed by atoms with E-state index in [-0.39, 0.29) is 0 Å². The lowest BCUT2D eigenvalue weighted by atomic mass is 9.92. The summed E-state index contributed by atoms with van der Waals surface area (Å²) < 4.78 is 0. The number of H-pyrrole nitrogens is 1. The third kappa shape index (κ3) is 2.04. The maximum atomic E-state index is 4.93. The van der Waals surface area contributed by atoms with Crippen LogP contribution in [0, 0.1) is 0 Å². The van der Waals surface area contributed by atoms with Gasteiger partial charge in [-0.15, -0.1) is 0 Å². The summed E-state index contributed by atoms with van der Waals surface area (Å²) in [5.74, 6) is 0. The minimum atomic E-state index is 0.942. The van der Waals surface area contributed by atoms with E-state index < -0.39 is 0 Å². The van der Waals surface area contributed by atoms with E-state index in [0.29, 0.717) is 0 Å². The summed E-state index contributed by atoms with van der Waals surface area (Å²) in [6.45, 7) is 0. The van der Waals surface area contributed by atoms with Crippen molar-refractivity contribution in [3.8, 4) is 11.1 Å². The normalized spacial score (nSPS) is 11.7. The van der Waals surface area contributed by atoms with Crippen LogP contribution in [0.5, 0.6) is 0 Å². The fourth-order valence-electron chi connectivity index (χ4n) is 4.23. The summed E-state index contributed by atoms with van der Waals surface area (Å²) in [6.07, 6.45) is 0. The predicted molar refractivity (Wildman–Crippen MR) is 114 cm³/mol. The zero-order chi connectivity index (χ0) is 17.8. The third-order valence-electron chi connectivity index (χ3n) is 5.40. The summed E-state index contributed by atoms with van der Waals surface area (Å²) >= 11 is 0. The highest BCUT2D eigenvalue weighted by Gasteiger charge is 2.17. The summed E-state index contributed by atoms with van der Waals surface area (Å²) in [5, 5.41) is 6.12. The van der Waals surface area contributed by atoms with E-state index in [1.807, 2.05) is 0 Å². The Hall–Kier alpha value is -3.65. The Kier molecular flexibility index (Phi) is 2.91. The molecule has 2 aromatic heterocycles. The molecule has 27 heavy (non-hydrogen) atoms. The Bertz CT molecular complexity index is 1470. The number of nitrogens with one attached hydrogen (secondary N) is 1. The molecule has 4 aromatic carbocycles. The largest absolute Gasteiger partial charge is 0.339 e. The van der Waals surface area contributed by atoms with Crippen LogP contribution in [0.4, 0.5) is 0 Å². The molecule has 2 nitrogen and oxygen atoms in total. The fraction of sp³-hybridized carbons (Fsp3) is 0. The van der Waals surface area contributed by atoms with Gasteiger partial charge in [-0.1, -0.05) is 78.9 Å². The molecule has 1 N–H and O–H groups in total. The molecule has 126 valence electrons. The number of benzene rings is 4. The van der Waals surface area contributed by atoms with Gasteiger partial charge in [0.1, 0.15) is 5.65 Å². The van der Waals surface area contributed by atoms with Gasteiger partial charge in [0.05, 0.1) is 5.52 Å². The maximum Gasteiger partial charge on any atom is 0.139 e. The van der Waals surface area contributed by atoms with Gasteiger partial charge in [0.15, 0.2) is 0 Å². The summed E-state index contributed by atoms with van der Waals surface area (Å²) in [4.78, 5) is 8.44. The van der Waals surface area contributed by atoms with Gasteiger partial charge in [-0.3, -0.25) is 0 Å². The molecule has 0 atom stereocenters. The van der Waals surface area contributed by atoms with Crippen molar-refractivity contribution in [3.05, 3.63) is 91.0 Å². The van der Waals surface area contributed by atoms with Gasteiger partial charge in [0.25, 0.3) is 0 Å². The molecular weight excluding hydrogens is 328 g/mol. The molecule has 6 aromatic rings. The maximum absolute atomic E-state index is 4.93. The highest BCUT2D eigenvalue weighted by molar-refractivity contribution is 6.22. The van der Waals surface area contributed by atoms with Gasteiger partial charge >= 0.3 is 0 Å². The summed E-state index contributed by atoms with van der Waals surface area (Å²) in [7, 11) is 0. The Morgan fingerprint density at radius 3 is 2.22 bits per heavy atom. The Balaban J connectivity index is 1.91. The van der Waals surface area contributed by atoms with Gasteiger partial charge in [-0.25, -0.2) is 4.98 Å². The first-order chi connectivity index (χ1) is 13.4. The second kappa shape index (κ2) is 5.42. The number of hydrogen-bond acceptors (Lipinski definition) is 1. The molecule has 0 unspecified atom stereocenters. The van der Waals surface area contributed by atoms with Crippen LogP contribution in [0.15, 0.2) is 91.0 Å². The van der Waals surface area contributed by atoms with Crippen LogP contribution in [0.1, 0.15) is 0 Å². The molecule has 0 saturated heterocycles. The number of fused-ring (bicyclic) bond motifs is 5. The van der Waals surface area contributed by atoms with Gasteiger partial charge in [-0.2, -0.15) is 0 Å². The van der Waals surface area contributed by atoms with Crippen LogP contribution in [-0.4, -0.2) is 9.97 Å². The second-order valence-electron chi connectivity index (χ2n) is 6.92. The molecule has 2 heterocycles. The van der Waals surface area contributed by atoms with Gasteiger partial charge in [0, 0.05) is 27.2 Å². The summed E-state index contributed by atoms with van der Waals surface area (Å²) in [6, 6.07) is 32.0. The molecule has 0 spiro atoms. The lowest BCUT2D eigenvalue weighted by Gasteiger charge is -2.12. The molecule has 0 aliphatic heterocycles. The van der Waals surface area contributed by atoms with Gasteiger partial charge < -0.3 is 4.98 Å². The van der Waals surface area contributed by atoms with E-state index in [2.05, 4.69) is 96.0 Å². The van der Waals surface area contributed by atoms with Crippen LogP contribution in [0.25, 0.3) is 54.7 Å². The SMILES string of the molecule is c1ccc2c(-c3c4ccccc4nc4[nH]c5ccccc5c34)cccc2c1. The van der Waals surface area contributed by atoms with Crippen molar-refractivity contribution in [1.82, 2.24) is 9.97 Å². The topological polar surface area (TPSA) is 28.7 Å². The second-order valence-corrected chi connectivity index (χ2v) is 6.92. The smallest absolute Gasteiger partial charge is 0.139 e. The highest BCUT2D eigenvalue weighted by atomic mass is 14.9. The molecule has 0 aliphatic carbocycles. The van der Waals surface area contributed by atoms with E-state index in [1.54, 1.807) is 0 Å². The molecular formula is C25H16N2. The summed E-state index contributed by atoms with van der Waals surface area (Å²) in [5.41, 5.74) is 5.58. The Labute approximate surface area is 156 Å². The van der Waals surface area contributed by atoms with Crippen molar-refractivity contribution in [2.75, 3.05) is 0 Å². The quantitative estimate of drug-likeness (QED) is 0.354. The van der Waals surface area contributed by atoms with E-state index in [0.717, 1.165) is 16.7 Å². The van der Waals surface area contributed by atoms with Crippen LogP contribution < -0.4 is 0 Å². The number of aromatic nitrogens is 2. The Morgan fingerprint density at radius 1 is 0.593 bits per heavy atom. The van der Waals surface area contributed by atoms with Crippen molar-refractivity contribution >= 4 is 43.6 Å². The molecule has 0 bridgehead atoms. The van der Waals surface area contributed by atoms with Crippen molar-refractivity contribution in [2.24, 2.45) is 0 Å². The standard InChI is InChI=1S/C25H16N2/c1-2-10-17-16(8-1)9-7-13-18(17)23-19-11-3-5-14-21(19)26-25-24(23)20-12-4-6-15-22(20)27-25/h1-15H,(H,26,27). The van der Waals surface area contributed by atoms with Crippen molar-refractivity contribution in [3.63, 3.8) is 0 Å². The molecule has 0 aliphatic rings. The van der Waals surface area contributed by atoms with Gasteiger partial charge in [-0.05, 0) is 28.5 Å². The number of rotatable bonds is 1. The van der Waals surface area contributed by atoms with Crippen molar-refractivity contribution in [1.29, 1.82) is 0 Å². The predicted octanol–water partition coefficient (Wildman–Crippen LogP) is 6.69. The number of nitrogens with zero attached hydrogens (tertiary/aromatic N) is 1. The number of para-hydroxylation sites is 2. The van der Waals surface area contributed by atoms with Crippen molar-refractivity contribution < 1.29 is 0 Å². The zero-order valence-corrected chi connectivity index (χ0v) is 14.6. The minimum absolute atomic E-state index is 0.942. The van der Waals surface area contributed by atoms with Gasteiger partial charge in [0.2, 0.25) is 0 Å². The van der Waals surface area contributed by atoms with Crippen LogP contribution in [0.2, 0.25) is 0 Å². The number of hydrogen-bond donors (Lipinski definition) is 1. The molecule has 0 radical (unpaired) electrons. The van der Waals surface area contributed by atoms with Crippen LogP contribution >= 0.6 is 0 Å². The first-order valence-electron chi connectivity index (χ1n) is 9.17. The number of pyridine rings is 1. The van der Waals surface area contributed by atoms with E-state index in [1.165, 1.54) is 38.1 Å². The third-order valence-corrected chi connectivity index (χ3v) is 5.40. The lowest BCUT2D eigenvalue weighted by molar-refractivity contribution is 1.40. The molecule has 0 amide bonds. The van der Waals surface area contributed by atoms with Crippen molar-refractivity contribution in [2.45, 2.75) is 0 Å². The monoisotopic (exact) mass is 344 g/mol. The molecule has 6 rings (SSSR count). The fourth-order valence-corrected chi connectivity index (χ4v) is 4.23. The first kappa shape index (κ1) is 14.5. The van der Waals surface area contributed by atoms with E-state index >= 15 is 0 Å². The molecule has 0 saturated carbocycles. The van der Waals surface area contributed by atoms with Crippen LogP contribution in [0.3, 0.4) is 0 Å². The molecule has 0 fully saturated rings. The van der Waals surface area contributed by atoms with Crippen LogP contribution in [-0.2, 0) is 0 Å². The van der Waals surface area contributed by atoms with E-state index in [4.69, 9.17) is 4.98 Å². The highest BCUT2D eigenvalue weighted by Crippen LogP contribution is 2.41. The average molecular weight is 344 g/mol. The zero-order valence-electron chi connectivity index (χ0n) is 14.6. The average Bonchev–Trinajstić information content (AvgIpc) is 3.10. The molecule has 2 heteroatoms.